The Bertz CT molecular complexity index is 613. The SMILES string of the molecule is COCCN1C(=O)COc2ccccc2C1C(=O)NC1CCCCC1. The Labute approximate surface area is 148 Å². The Morgan fingerprint density at radius 3 is 2.80 bits per heavy atom. The number of hydrogen-bond acceptors (Lipinski definition) is 4. The average Bonchev–Trinajstić information content (AvgIpc) is 2.77. The molecule has 1 aromatic carbocycles. The molecule has 0 radical (unpaired) electrons. The molecule has 3 rings (SSSR count). The van der Waals surface area contributed by atoms with Crippen molar-refractivity contribution in [1.29, 1.82) is 0 Å². The van der Waals surface area contributed by atoms with E-state index in [0.29, 0.717) is 18.9 Å². The monoisotopic (exact) mass is 346 g/mol. The quantitative estimate of drug-likeness (QED) is 0.886. The van der Waals surface area contributed by atoms with Gasteiger partial charge in [0.1, 0.15) is 11.8 Å². The van der Waals surface area contributed by atoms with Gasteiger partial charge in [0.15, 0.2) is 6.61 Å². The molecule has 1 unspecified atom stereocenters. The van der Waals surface area contributed by atoms with Crippen molar-refractivity contribution in [3.8, 4) is 5.75 Å². The molecule has 0 saturated heterocycles. The molecule has 1 N–H and O–H groups in total. The summed E-state index contributed by atoms with van der Waals surface area (Å²) in [5.74, 6) is 0.269. The molecule has 0 bridgehead atoms. The third-order valence-corrected chi connectivity index (χ3v) is 4.93. The van der Waals surface area contributed by atoms with Gasteiger partial charge in [-0.15, -0.1) is 0 Å². The highest BCUT2D eigenvalue weighted by Crippen LogP contribution is 2.33. The summed E-state index contributed by atoms with van der Waals surface area (Å²) in [6.45, 7) is 0.671. The highest BCUT2D eigenvalue weighted by Gasteiger charge is 2.36. The third kappa shape index (κ3) is 4.12. The van der Waals surface area contributed by atoms with E-state index in [2.05, 4.69) is 5.32 Å². The van der Waals surface area contributed by atoms with Gasteiger partial charge in [-0.25, -0.2) is 0 Å². The Morgan fingerprint density at radius 1 is 1.28 bits per heavy atom. The van der Waals surface area contributed by atoms with E-state index in [0.717, 1.165) is 31.2 Å². The molecule has 0 spiro atoms. The Kier molecular flexibility index (Phi) is 5.91. The highest BCUT2D eigenvalue weighted by molar-refractivity contribution is 5.90. The topological polar surface area (TPSA) is 67.9 Å². The number of fused-ring (bicyclic) bond motifs is 1. The fraction of sp³-hybridized carbons (Fsp3) is 0.579. The van der Waals surface area contributed by atoms with Crippen molar-refractivity contribution in [2.24, 2.45) is 0 Å². The standard InChI is InChI=1S/C19H26N2O4/c1-24-12-11-21-17(22)13-25-16-10-6-5-9-15(16)18(21)19(23)20-14-7-3-2-4-8-14/h5-6,9-10,14,18H,2-4,7-8,11-13H2,1H3,(H,20,23). The van der Waals surface area contributed by atoms with Crippen molar-refractivity contribution in [3.63, 3.8) is 0 Å². The summed E-state index contributed by atoms with van der Waals surface area (Å²) in [6, 6.07) is 6.90. The summed E-state index contributed by atoms with van der Waals surface area (Å²) in [5, 5.41) is 3.16. The second-order valence-electron chi connectivity index (χ2n) is 6.65. The Morgan fingerprint density at radius 2 is 2.04 bits per heavy atom. The number of para-hydroxylation sites is 1. The molecule has 6 nitrogen and oxygen atoms in total. The minimum absolute atomic E-state index is 0.0616. The number of nitrogens with one attached hydrogen (secondary N) is 1. The molecule has 1 atom stereocenters. The van der Waals surface area contributed by atoms with Crippen molar-refractivity contribution in [3.05, 3.63) is 29.8 Å². The van der Waals surface area contributed by atoms with Crippen LogP contribution in [0, 0.1) is 0 Å². The molecule has 1 aliphatic carbocycles. The van der Waals surface area contributed by atoms with Crippen LogP contribution >= 0.6 is 0 Å². The first-order valence-corrected chi connectivity index (χ1v) is 9.01. The number of rotatable bonds is 5. The lowest BCUT2D eigenvalue weighted by Crippen LogP contribution is -2.48. The molecule has 1 fully saturated rings. The maximum atomic E-state index is 13.1. The van der Waals surface area contributed by atoms with Crippen LogP contribution in [0.2, 0.25) is 0 Å². The second kappa shape index (κ2) is 8.34. The van der Waals surface area contributed by atoms with Gasteiger partial charge in [0.05, 0.1) is 6.61 Å². The lowest BCUT2D eigenvalue weighted by Gasteiger charge is -2.31. The summed E-state index contributed by atoms with van der Waals surface area (Å²) in [4.78, 5) is 27.2. The Balaban J connectivity index is 1.87. The molecule has 6 heteroatoms. The molecule has 1 aliphatic heterocycles. The van der Waals surface area contributed by atoms with Crippen molar-refractivity contribution < 1.29 is 19.1 Å². The number of amides is 2. The molecule has 1 heterocycles. The fourth-order valence-electron chi connectivity index (χ4n) is 3.63. The minimum atomic E-state index is -0.678. The first-order valence-electron chi connectivity index (χ1n) is 9.01. The van der Waals surface area contributed by atoms with E-state index in [4.69, 9.17) is 9.47 Å². The maximum Gasteiger partial charge on any atom is 0.261 e. The van der Waals surface area contributed by atoms with Gasteiger partial charge in [-0.3, -0.25) is 9.59 Å². The lowest BCUT2D eigenvalue weighted by atomic mass is 9.94. The summed E-state index contributed by atoms with van der Waals surface area (Å²) >= 11 is 0. The Hall–Kier alpha value is -2.08. The predicted octanol–water partition coefficient (Wildman–Crippen LogP) is 2.04. The van der Waals surface area contributed by atoms with E-state index in [1.807, 2.05) is 24.3 Å². The maximum absolute atomic E-state index is 13.1. The molecular weight excluding hydrogens is 320 g/mol. The first kappa shape index (κ1) is 17.7. The number of ether oxygens (including phenoxy) is 2. The average molecular weight is 346 g/mol. The molecule has 2 aliphatic rings. The zero-order valence-corrected chi connectivity index (χ0v) is 14.7. The first-order chi connectivity index (χ1) is 12.2. The van der Waals surface area contributed by atoms with E-state index in [1.165, 1.54) is 6.42 Å². The van der Waals surface area contributed by atoms with Crippen molar-refractivity contribution in [1.82, 2.24) is 10.2 Å². The van der Waals surface area contributed by atoms with Crippen molar-refractivity contribution >= 4 is 11.8 Å². The van der Waals surface area contributed by atoms with Gasteiger partial charge in [0.2, 0.25) is 5.91 Å². The van der Waals surface area contributed by atoms with Gasteiger partial charge >= 0.3 is 0 Å². The fourth-order valence-corrected chi connectivity index (χ4v) is 3.63. The van der Waals surface area contributed by atoms with E-state index in [-0.39, 0.29) is 24.5 Å². The second-order valence-corrected chi connectivity index (χ2v) is 6.65. The number of hydrogen-bond donors (Lipinski definition) is 1. The normalized spacial score (nSPS) is 21.2. The smallest absolute Gasteiger partial charge is 0.261 e. The van der Waals surface area contributed by atoms with Crippen LogP contribution in [-0.4, -0.2) is 49.6 Å². The highest BCUT2D eigenvalue weighted by atomic mass is 16.5. The molecule has 1 saturated carbocycles. The summed E-state index contributed by atoms with van der Waals surface area (Å²) in [5.41, 5.74) is 0.734. The number of benzene rings is 1. The zero-order valence-electron chi connectivity index (χ0n) is 14.7. The number of nitrogens with zero attached hydrogens (tertiary/aromatic N) is 1. The van der Waals surface area contributed by atoms with Crippen molar-refractivity contribution in [2.45, 2.75) is 44.2 Å². The van der Waals surface area contributed by atoms with Crippen LogP contribution in [0.3, 0.4) is 0 Å². The summed E-state index contributed by atoms with van der Waals surface area (Å²) in [7, 11) is 1.59. The van der Waals surface area contributed by atoms with Gasteiger partial charge in [-0.2, -0.15) is 0 Å². The van der Waals surface area contributed by atoms with Crippen LogP contribution in [0.5, 0.6) is 5.75 Å². The van der Waals surface area contributed by atoms with Crippen LogP contribution in [0.4, 0.5) is 0 Å². The predicted molar refractivity (Wildman–Crippen MR) is 93.3 cm³/mol. The van der Waals surface area contributed by atoms with Crippen LogP contribution < -0.4 is 10.1 Å². The lowest BCUT2D eigenvalue weighted by molar-refractivity contribution is -0.142. The minimum Gasteiger partial charge on any atom is -0.483 e. The van der Waals surface area contributed by atoms with Crippen molar-refractivity contribution in [2.75, 3.05) is 26.9 Å². The summed E-state index contributed by atoms with van der Waals surface area (Å²) < 4.78 is 10.8. The van der Waals surface area contributed by atoms with Crippen LogP contribution in [0.15, 0.2) is 24.3 Å². The van der Waals surface area contributed by atoms with E-state index >= 15 is 0 Å². The number of carbonyl (C=O) groups is 2. The van der Waals surface area contributed by atoms with Crippen LogP contribution in [-0.2, 0) is 14.3 Å². The van der Waals surface area contributed by atoms with Gasteiger partial charge in [-0.05, 0) is 18.9 Å². The van der Waals surface area contributed by atoms with E-state index < -0.39 is 6.04 Å². The molecule has 0 aromatic heterocycles. The van der Waals surface area contributed by atoms with E-state index in [1.54, 1.807) is 12.0 Å². The molecular formula is C19H26N2O4. The van der Waals surface area contributed by atoms with Gasteiger partial charge < -0.3 is 19.7 Å². The van der Waals surface area contributed by atoms with Gasteiger partial charge in [-0.1, -0.05) is 37.5 Å². The van der Waals surface area contributed by atoms with Crippen LogP contribution in [0.1, 0.15) is 43.7 Å². The summed E-state index contributed by atoms with van der Waals surface area (Å²) in [6.07, 6.45) is 5.51. The van der Waals surface area contributed by atoms with Gasteiger partial charge in [0.25, 0.3) is 5.91 Å². The molecule has 1 aromatic rings. The molecule has 136 valence electrons. The molecule has 25 heavy (non-hydrogen) atoms. The number of carbonyl (C=O) groups excluding carboxylic acids is 2. The van der Waals surface area contributed by atoms with Crippen LogP contribution in [0.25, 0.3) is 0 Å². The van der Waals surface area contributed by atoms with Gasteiger partial charge in [0, 0.05) is 25.3 Å². The zero-order chi connectivity index (χ0) is 17.6. The molecule has 2 amide bonds. The van der Waals surface area contributed by atoms with E-state index in [9.17, 15) is 9.59 Å². The third-order valence-electron chi connectivity index (χ3n) is 4.93. The largest absolute Gasteiger partial charge is 0.483 e. The number of methoxy groups -OCH3 is 1.